The number of hydrogen-bond donors (Lipinski definition) is 0. The van der Waals surface area contributed by atoms with Crippen LogP contribution in [0, 0.1) is 0 Å². The summed E-state index contributed by atoms with van der Waals surface area (Å²) in [6.07, 6.45) is 1.61. The SMILES string of the molecule is COC1c2ccccc2Oc2cccnc21. The van der Waals surface area contributed by atoms with Gasteiger partial charge < -0.3 is 9.47 Å². The van der Waals surface area contributed by atoms with Crippen LogP contribution >= 0.6 is 0 Å². The molecule has 80 valence electrons. The van der Waals surface area contributed by atoms with Crippen molar-refractivity contribution in [1.29, 1.82) is 0 Å². The summed E-state index contributed by atoms with van der Waals surface area (Å²) in [7, 11) is 1.69. The van der Waals surface area contributed by atoms with Crippen LogP contribution < -0.4 is 4.74 Å². The maximum Gasteiger partial charge on any atom is 0.152 e. The van der Waals surface area contributed by atoms with Gasteiger partial charge in [0.1, 0.15) is 17.5 Å². The number of pyridine rings is 1. The van der Waals surface area contributed by atoms with Crippen LogP contribution in [0.2, 0.25) is 0 Å². The molecule has 1 unspecified atom stereocenters. The van der Waals surface area contributed by atoms with E-state index in [0.717, 1.165) is 22.8 Å². The zero-order valence-corrected chi connectivity index (χ0v) is 8.88. The van der Waals surface area contributed by atoms with Crippen molar-refractivity contribution < 1.29 is 9.47 Å². The summed E-state index contributed by atoms with van der Waals surface area (Å²) in [5, 5.41) is 0. The molecular formula is C13H11NO2. The molecule has 0 N–H and O–H groups in total. The topological polar surface area (TPSA) is 31.4 Å². The number of benzene rings is 1. The van der Waals surface area contributed by atoms with Crippen molar-refractivity contribution in [1.82, 2.24) is 4.98 Å². The molecule has 1 aliphatic heterocycles. The molecule has 0 radical (unpaired) electrons. The van der Waals surface area contributed by atoms with Crippen LogP contribution in [-0.4, -0.2) is 12.1 Å². The van der Waals surface area contributed by atoms with Gasteiger partial charge in [-0.3, -0.25) is 4.98 Å². The molecule has 0 saturated heterocycles. The van der Waals surface area contributed by atoms with Crippen LogP contribution in [0.1, 0.15) is 17.4 Å². The quantitative estimate of drug-likeness (QED) is 0.729. The van der Waals surface area contributed by atoms with Gasteiger partial charge in [-0.05, 0) is 18.2 Å². The van der Waals surface area contributed by atoms with E-state index in [2.05, 4.69) is 4.98 Å². The Morgan fingerprint density at radius 1 is 1.12 bits per heavy atom. The molecule has 2 heterocycles. The maximum absolute atomic E-state index is 5.77. The van der Waals surface area contributed by atoms with Crippen LogP contribution in [-0.2, 0) is 4.74 Å². The van der Waals surface area contributed by atoms with Gasteiger partial charge in [-0.25, -0.2) is 0 Å². The van der Waals surface area contributed by atoms with Gasteiger partial charge >= 0.3 is 0 Å². The zero-order chi connectivity index (χ0) is 11.0. The fraction of sp³-hybridized carbons (Fsp3) is 0.154. The third kappa shape index (κ3) is 1.29. The van der Waals surface area contributed by atoms with Crippen LogP contribution in [0.25, 0.3) is 0 Å². The fourth-order valence-corrected chi connectivity index (χ4v) is 1.98. The van der Waals surface area contributed by atoms with Crippen molar-refractivity contribution in [3.05, 3.63) is 53.9 Å². The molecule has 1 aliphatic rings. The predicted molar refractivity (Wildman–Crippen MR) is 59.6 cm³/mol. The van der Waals surface area contributed by atoms with Gasteiger partial charge in [0, 0.05) is 18.9 Å². The monoisotopic (exact) mass is 213 g/mol. The number of para-hydroxylation sites is 1. The average Bonchev–Trinajstić information content (AvgIpc) is 2.36. The Labute approximate surface area is 93.7 Å². The first-order valence-corrected chi connectivity index (χ1v) is 5.14. The number of nitrogens with zero attached hydrogens (tertiary/aromatic N) is 1. The standard InChI is InChI=1S/C13H11NO2/c1-15-13-9-5-2-3-6-10(9)16-11-7-4-8-14-12(11)13/h2-8,13H,1H3. The van der Waals surface area contributed by atoms with E-state index in [-0.39, 0.29) is 6.10 Å². The van der Waals surface area contributed by atoms with Crippen LogP contribution in [0.3, 0.4) is 0 Å². The summed E-state index contributed by atoms with van der Waals surface area (Å²) >= 11 is 0. The van der Waals surface area contributed by atoms with Gasteiger partial charge in [-0.1, -0.05) is 18.2 Å². The molecule has 1 aromatic heterocycles. The van der Waals surface area contributed by atoms with E-state index in [0.29, 0.717) is 0 Å². The molecule has 3 heteroatoms. The normalized spacial score (nSPS) is 17.2. The minimum atomic E-state index is -0.138. The smallest absolute Gasteiger partial charge is 0.152 e. The number of fused-ring (bicyclic) bond motifs is 2. The lowest BCUT2D eigenvalue weighted by atomic mass is 10.0. The molecule has 0 spiro atoms. The van der Waals surface area contributed by atoms with Gasteiger partial charge in [0.25, 0.3) is 0 Å². The molecule has 0 aliphatic carbocycles. The minimum Gasteiger partial charge on any atom is -0.455 e. The first-order chi connectivity index (χ1) is 7.90. The molecule has 1 atom stereocenters. The summed E-state index contributed by atoms with van der Waals surface area (Å²) in [5.74, 6) is 1.61. The third-order valence-electron chi connectivity index (χ3n) is 2.71. The lowest BCUT2D eigenvalue weighted by Crippen LogP contribution is -2.13. The van der Waals surface area contributed by atoms with Crippen LogP contribution in [0.15, 0.2) is 42.6 Å². The Kier molecular flexibility index (Phi) is 2.11. The van der Waals surface area contributed by atoms with Crippen LogP contribution in [0.4, 0.5) is 0 Å². The first kappa shape index (κ1) is 9.36. The Hall–Kier alpha value is -1.87. The van der Waals surface area contributed by atoms with Gasteiger partial charge in [0.15, 0.2) is 5.75 Å². The number of aromatic nitrogens is 1. The largest absolute Gasteiger partial charge is 0.455 e. The Balaban J connectivity index is 2.19. The average molecular weight is 213 g/mol. The van der Waals surface area contributed by atoms with Crippen molar-refractivity contribution in [3.8, 4) is 11.5 Å². The lowest BCUT2D eigenvalue weighted by Gasteiger charge is -2.25. The summed E-state index contributed by atoms with van der Waals surface area (Å²) in [5.41, 5.74) is 1.86. The molecule has 0 bridgehead atoms. The zero-order valence-electron chi connectivity index (χ0n) is 8.88. The highest BCUT2D eigenvalue weighted by atomic mass is 16.5. The molecule has 1 aromatic carbocycles. The molecular weight excluding hydrogens is 202 g/mol. The number of methoxy groups -OCH3 is 1. The van der Waals surface area contributed by atoms with E-state index >= 15 is 0 Å². The van der Waals surface area contributed by atoms with E-state index in [1.165, 1.54) is 0 Å². The van der Waals surface area contributed by atoms with Gasteiger partial charge in [-0.2, -0.15) is 0 Å². The Morgan fingerprint density at radius 3 is 2.81 bits per heavy atom. The molecule has 2 aromatic rings. The number of ether oxygens (including phenoxy) is 2. The fourth-order valence-electron chi connectivity index (χ4n) is 1.98. The van der Waals surface area contributed by atoms with E-state index in [9.17, 15) is 0 Å². The van der Waals surface area contributed by atoms with Crippen molar-refractivity contribution in [2.24, 2.45) is 0 Å². The van der Waals surface area contributed by atoms with E-state index < -0.39 is 0 Å². The second-order valence-electron chi connectivity index (χ2n) is 3.64. The molecule has 0 amide bonds. The highest BCUT2D eigenvalue weighted by Gasteiger charge is 2.27. The number of rotatable bonds is 1. The van der Waals surface area contributed by atoms with Gasteiger partial charge in [-0.15, -0.1) is 0 Å². The van der Waals surface area contributed by atoms with Gasteiger partial charge in [0.2, 0.25) is 0 Å². The summed E-state index contributed by atoms with van der Waals surface area (Å²) in [6, 6.07) is 11.6. The molecule has 3 rings (SSSR count). The summed E-state index contributed by atoms with van der Waals surface area (Å²) in [6.45, 7) is 0. The van der Waals surface area contributed by atoms with E-state index in [1.807, 2.05) is 36.4 Å². The van der Waals surface area contributed by atoms with Crippen molar-refractivity contribution in [2.45, 2.75) is 6.10 Å². The molecule has 16 heavy (non-hydrogen) atoms. The predicted octanol–water partition coefficient (Wildman–Crippen LogP) is 2.92. The summed E-state index contributed by atoms with van der Waals surface area (Å²) in [4.78, 5) is 4.32. The second-order valence-corrected chi connectivity index (χ2v) is 3.64. The Bertz CT molecular complexity index is 479. The minimum absolute atomic E-state index is 0.138. The first-order valence-electron chi connectivity index (χ1n) is 5.14. The highest BCUT2D eigenvalue weighted by Crippen LogP contribution is 2.42. The second kappa shape index (κ2) is 3.61. The number of hydrogen-bond acceptors (Lipinski definition) is 3. The molecule has 0 fully saturated rings. The molecule has 0 saturated carbocycles. The lowest BCUT2D eigenvalue weighted by molar-refractivity contribution is 0.122. The third-order valence-corrected chi connectivity index (χ3v) is 2.71. The van der Waals surface area contributed by atoms with Crippen molar-refractivity contribution in [3.63, 3.8) is 0 Å². The Morgan fingerprint density at radius 2 is 1.94 bits per heavy atom. The van der Waals surface area contributed by atoms with Crippen LogP contribution in [0.5, 0.6) is 11.5 Å². The maximum atomic E-state index is 5.77. The summed E-state index contributed by atoms with van der Waals surface area (Å²) < 4.78 is 11.3. The van der Waals surface area contributed by atoms with Gasteiger partial charge in [0.05, 0.1) is 0 Å². The van der Waals surface area contributed by atoms with Crippen molar-refractivity contribution in [2.75, 3.05) is 7.11 Å². The van der Waals surface area contributed by atoms with E-state index in [1.54, 1.807) is 13.3 Å². The highest BCUT2D eigenvalue weighted by molar-refractivity contribution is 5.49. The molecule has 3 nitrogen and oxygen atoms in total. The van der Waals surface area contributed by atoms with Crippen molar-refractivity contribution >= 4 is 0 Å². The van der Waals surface area contributed by atoms with E-state index in [4.69, 9.17) is 9.47 Å².